The van der Waals surface area contributed by atoms with Crippen molar-refractivity contribution in [2.75, 3.05) is 31.6 Å². The van der Waals surface area contributed by atoms with Gasteiger partial charge in [-0.25, -0.2) is 0 Å². The molecule has 7 heteroatoms. The molecule has 1 unspecified atom stereocenters. The molecule has 1 atom stereocenters. The number of nitrogens with one attached hydrogen (secondary N) is 2. The van der Waals surface area contributed by atoms with E-state index in [1.807, 2.05) is 49.4 Å². The molecule has 1 saturated heterocycles. The number of aryl methyl sites for hydroxylation is 1. The zero-order valence-electron chi connectivity index (χ0n) is 16.4. The fraction of sp³-hybridized carbons (Fsp3) is 0.318. The van der Waals surface area contributed by atoms with Crippen molar-refractivity contribution in [3.63, 3.8) is 0 Å². The third-order valence-corrected chi connectivity index (χ3v) is 4.82. The first-order valence-corrected chi connectivity index (χ1v) is 9.69. The molecule has 0 bridgehead atoms. The molecular weight excluding hydrogens is 370 g/mol. The highest BCUT2D eigenvalue weighted by Crippen LogP contribution is 2.21. The van der Waals surface area contributed by atoms with Gasteiger partial charge in [0.25, 0.3) is 0 Å². The number of anilines is 1. The smallest absolute Gasteiger partial charge is 0.313 e. The molecule has 1 heterocycles. The molecule has 0 spiro atoms. The molecule has 3 amide bonds. The zero-order chi connectivity index (χ0) is 20.6. The lowest BCUT2D eigenvalue weighted by atomic mass is 10.1. The van der Waals surface area contributed by atoms with E-state index in [0.717, 1.165) is 17.5 Å². The molecular formula is C22H25N3O4. The van der Waals surface area contributed by atoms with E-state index >= 15 is 0 Å². The van der Waals surface area contributed by atoms with Gasteiger partial charge in [0.05, 0.1) is 19.7 Å². The molecule has 1 fully saturated rings. The summed E-state index contributed by atoms with van der Waals surface area (Å²) in [5.41, 5.74) is 2.67. The molecule has 152 valence electrons. The van der Waals surface area contributed by atoms with Crippen molar-refractivity contribution in [1.82, 2.24) is 10.2 Å². The van der Waals surface area contributed by atoms with E-state index in [2.05, 4.69) is 10.6 Å². The highest BCUT2D eigenvalue weighted by atomic mass is 16.5. The molecule has 1 aliphatic rings. The molecule has 2 aromatic carbocycles. The van der Waals surface area contributed by atoms with Crippen LogP contribution >= 0.6 is 0 Å². The van der Waals surface area contributed by atoms with Crippen LogP contribution in [-0.2, 0) is 25.5 Å². The van der Waals surface area contributed by atoms with Crippen LogP contribution in [0.4, 0.5) is 5.69 Å². The second-order valence-electron chi connectivity index (χ2n) is 6.80. The quantitative estimate of drug-likeness (QED) is 0.757. The topological polar surface area (TPSA) is 87.7 Å². The van der Waals surface area contributed by atoms with Crippen molar-refractivity contribution in [3.8, 4) is 0 Å². The Labute approximate surface area is 170 Å². The minimum absolute atomic E-state index is 0.195. The van der Waals surface area contributed by atoms with Gasteiger partial charge in [-0.3, -0.25) is 14.4 Å². The SMILES string of the molecule is CCc1ccc(NC(=O)C(=O)NCC(=O)N2CCOC(c3ccccc3)C2)cc1. The third-order valence-electron chi connectivity index (χ3n) is 4.82. The minimum Gasteiger partial charge on any atom is -0.370 e. The summed E-state index contributed by atoms with van der Waals surface area (Å²) < 4.78 is 5.75. The lowest BCUT2D eigenvalue weighted by Gasteiger charge is -2.33. The number of hydrogen-bond acceptors (Lipinski definition) is 4. The number of ether oxygens (including phenoxy) is 1. The number of morpholine rings is 1. The van der Waals surface area contributed by atoms with Gasteiger partial charge in [-0.15, -0.1) is 0 Å². The molecule has 2 N–H and O–H groups in total. The molecule has 29 heavy (non-hydrogen) atoms. The van der Waals surface area contributed by atoms with Crippen LogP contribution < -0.4 is 10.6 Å². The van der Waals surface area contributed by atoms with Gasteiger partial charge in [0.15, 0.2) is 0 Å². The number of carbonyl (C=O) groups excluding carboxylic acids is 3. The average molecular weight is 395 g/mol. The second-order valence-corrected chi connectivity index (χ2v) is 6.80. The van der Waals surface area contributed by atoms with E-state index < -0.39 is 11.8 Å². The van der Waals surface area contributed by atoms with Crippen molar-refractivity contribution in [1.29, 1.82) is 0 Å². The van der Waals surface area contributed by atoms with Gasteiger partial charge < -0.3 is 20.3 Å². The Hall–Kier alpha value is -3.19. The molecule has 0 saturated carbocycles. The normalized spacial score (nSPS) is 16.2. The largest absolute Gasteiger partial charge is 0.370 e. The first-order valence-electron chi connectivity index (χ1n) is 9.69. The van der Waals surface area contributed by atoms with Crippen molar-refractivity contribution in [2.24, 2.45) is 0 Å². The van der Waals surface area contributed by atoms with Crippen LogP contribution in [0.2, 0.25) is 0 Å². The van der Waals surface area contributed by atoms with Gasteiger partial charge in [-0.05, 0) is 29.7 Å². The summed E-state index contributed by atoms with van der Waals surface area (Å²) in [6.45, 7) is 3.09. The van der Waals surface area contributed by atoms with E-state index in [4.69, 9.17) is 4.74 Å². The summed E-state index contributed by atoms with van der Waals surface area (Å²) in [4.78, 5) is 38.1. The van der Waals surface area contributed by atoms with Crippen LogP contribution in [0.5, 0.6) is 0 Å². The average Bonchev–Trinajstić information content (AvgIpc) is 2.78. The maximum atomic E-state index is 12.5. The Kier molecular flexibility index (Phi) is 6.97. The number of nitrogens with zero attached hydrogens (tertiary/aromatic N) is 1. The first-order chi connectivity index (χ1) is 14.1. The molecule has 0 aliphatic carbocycles. The van der Waals surface area contributed by atoms with Gasteiger partial charge in [0.2, 0.25) is 5.91 Å². The van der Waals surface area contributed by atoms with Crippen LogP contribution in [0.25, 0.3) is 0 Å². The summed E-state index contributed by atoms with van der Waals surface area (Å²) in [6.07, 6.45) is 0.697. The monoisotopic (exact) mass is 395 g/mol. The Bertz CT molecular complexity index is 852. The van der Waals surface area contributed by atoms with Gasteiger partial charge in [0.1, 0.15) is 6.10 Å². The lowest BCUT2D eigenvalue weighted by molar-refractivity contribution is -0.141. The summed E-state index contributed by atoms with van der Waals surface area (Å²) in [5, 5.41) is 4.92. The number of benzene rings is 2. The predicted molar refractivity (Wildman–Crippen MR) is 109 cm³/mol. The van der Waals surface area contributed by atoms with Gasteiger partial charge in [0, 0.05) is 12.2 Å². The van der Waals surface area contributed by atoms with E-state index in [9.17, 15) is 14.4 Å². The van der Waals surface area contributed by atoms with Crippen LogP contribution in [0.15, 0.2) is 54.6 Å². The van der Waals surface area contributed by atoms with Crippen molar-refractivity contribution in [2.45, 2.75) is 19.4 Å². The third kappa shape index (κ3) is 5.65. The number of hydrogen-bond donors (Lipinski definition) is 2. The first kappa shape index (κ1) is 20.5. The van der Waals surface area contributed by atoms with Crippen molar-refractivity contribution >= 4 is 23.4 Å². The number of amides is 3. The molecule has 0 aromatic heterocycles. The Morgan fingerprint density at radius 2 is 1.76 bits per heavy atom. The molecule has 1 aliphatic heterocycles. The van der Waals surface area contributed by atoms with E-state index in [1.54, 1.807) is 17.0 Å². The van der Waals surface area contributed by atoms with Gasteiger partial charge in [-0.2, -0.15) is 0 Å². The zero-order valence-corrected chi connectivity index (χ0v) is 16.4. The van der Waals surface area contributed by atoms with Crippen LogP contribution in [0.1, 0.15) is 24.2 Å². The van der Waals surface area contributed by atoms with Crippen LogP contribution in [0, 0.1) is 0 Å². The second kappa shape index (κ2) is 9.84. The molecule has 0 radical (unpaired) electrons. The summed E-state index contributed by atoms with van der Waals surface area (Å²) in [6, 6.07) is 16.9. The highest BCUT2D eigenvalue weighted by Gasteiger charge is 2.26. The fourth-order valence-electron chi connectivity index (χ4n) is 3.10. The summed E-state index contributed by atoms with van der Waals surface area (Å²) in [7, 11) is 0. The predicted octanol–water partition coefficient (Wildman–Crippen LogP) is 1.90. The number of rotatable bonds is 5. The highest BCUT2D eigenvalue weighted by molar-refractivity contribution is 6.39. The molecule has 7 nitrogen and oxygen atoms in total. The molecule has 3 rings (SSSR count). The Morgan fingerprint density at radius 3 is 2.45 bits per heavy atom. The van der Waals surface area contributed by atoms with Crippen LogP contribution in [0.3, 0.4) is 0 Å². The maximum Gasteiger partial charge on any atom is 0.313 e. The van der Waals surface area contributed by atoms with E-state index in [-0.39, 0.29) is 18.6 Å². The maximum absolute atomic E-state index is 12.5. The van der Waals surface area contributed by atoms with Crippen LogP contribution in [-0.4, -0.2) is 48.9 Å². The molecule has 2 aromatic rings. The Morgan fingerprint density at radius 1 is 1.03 bits per heavy atom. The fourth-order valence-corrected chi connectivity index (χ4v) is 3.10. The minimum atomic E-state index is -0.842. The Balaban J connectivity index is 1.47. The standard InChI is InChI=1S/C22H25N3O4/c1-2-16-8-10-18(11-9-16)24-22(28)21(27)23-14-20(26)25-12-13-29-19(15-25)17-6-4-3-5-7-17/h3-11,19H,2,12-15H2,1H3,(H,23,27)(H,24,28). The van der Waals surface area contributed by atoms with Gasteiger partial charge in [-0.1, -0.05) is 49.4 Å². The van der Waals surface area contributed by atoms with E-state index in [1.165, 1.54) is 0 Å². The summed E-state index contributed by atoms with van der Waals surface area (Å²) >= 11 is 0. The lowest BCUT2D eigenvalue weighted by Crippen LogP contribution is -2.48. The summed E-state index contributed by atoms with van der Waals surface area (Å²) in [5.74, 6) is -1.89. The van der Waals surface area contributed by atoms with Gasteiger partial charge >= 0.3 is 11.8 Å². The van der Waals surface area contributed by atoms with Crippen molar-refractivity contribution < 1.29 is 19.1 Å². The van der Waals surface area contributed by atoms with E-state index in [0.29, 0.717) is 25.4 Å². The number of carbonyl (C=O) groups is 3. The van der Waals surface area contributed by atoms with Crippen molar-refractivity contribution in [3.05, 3.63) is 65.7 Å².